The van der Waals surface area contributed by atoms with Crippen LogP contribution < -0.4 is 5.14 Å². The molecule has 0 aromatic rings. The van der Waals surface area contributed by atoms with Crippen molar-refractivity contribution in [3.05, 3.63) is 0 Å². The summed E-state index contributed by atoms with van der Waals surface area (Å²) in [5.74, 6) is 0. The van der Waals surface area contributed by atoms with Crippen LogP contribution in [0.4, 0.5) is 4.39 Å². The van der Waals surface area contributed by atoms with Gasteiger partial charge in [-0.15, -0.1) is 0 Å². The fourth-order valence-electron chi connectivity index (χ4n) is 0. The van der Waals surface area contributed by atoms with E-state index < -0.39 is 12.6 Å². The summed E-state index contributed by atoms with van der Waals surface area (Å²) in [6, 6.07) is 0. The van der Waals surface area contributed by atoms with Gasteiger partial charge in [0, 0.05) is 11.2 Å². The average molecular weight is 198 g/mol. The van der Waals surface area contributed by atoms with Crippen LogP contribution in [0.5, 0.6) is 0 Å². The monoisotopic (exact) mass is 197 g/mol. The minimum Gasteiger partial charge on any atom is -0.246 e. The molecule has 2 nitrogen and oxygen atoms in total. The molecule has 0 radical (unpaired) electrons. The molecule has 0 aliphatic rings. The molecule has 8 heavy (non-hydrogen) atoms. The Morgan fingerprint density at radius 3 is 1.88 bits per heavy atom. The molecule has 1 atom stereocenters. The van der Waals surface area contributed by atoms with Crippen LogP contribution in [0.15, 0.2) is 0 Å². The van der Waals surface area contributed by atoms with E-state index in [1.54, 1.807) is 0 Å². The van der Waals surface area contributed by atoms with E-state index in [-0.39, 0.29) is 0 Å². The zero-order valence-electron chi connectivity index (χ0n) is 3.44. The van der Waals surface area contributed by atoms with Crippen LogP contribution in [0.25, 0.3) is 0 Å². The quantitative estimate of drug-likeness (QED) is 0.629. The first-order valence-electron chi connectivity index (χ1n) is 1.34. The van der Waals surface area contributed by atoms with Gasteiger partial charge in [0.05, 0.1) is 0 Å². The van der Waals surface area contributed by atoms with Gasteiger partial charge in [0.25, 0.3) is 0 Å². The summed E-state index contributed by atoms with van der Waals surface area (Å²) in [6.07, 6.45) is 0. The minimum absolute atomic E-state index is 3.00. The first-order valence-corrected chi connectivity index (χ1v) is 4.64. The molecule has 0 fully saturated rings. The third-order valence-corrected chi connectivity index (χ3v) is 3.58. The maximum atomic E-state index is 11.9. The van der Waals surface area contributed by atoms with Gasteiger partial charge < -0.3 is 0 Å². The smallest absolute Gasteiger partial charge is 0.246 e. The molecule has 0 heterocycles. The molecule has 7 heteroatoms. The molecule has 2 N–H and O–H groups in total. The summed E-state index contributed by atoms with van der Waals surface area (Å²) in [4.78, 5) is 0. The van der Waals surface area contributed by atoms with Crippen LogP contribution in [0.3, 0.4) is 0 Å². The Kier molecular flexibility index (Phi) is 2.46. The Bertz CT molecular complexity index is 169. The molecule has 50 valence electrons. The van der Waals surface area contributed by atoms with Crippen molar-refractivity contribution in [1.29, 1.82) is 0 Å². The van der Waals surface area contributed by atoms with Crippen LogP contribution in [-0.2, 0) is 19.9 Å². The molecule has 0 aromatic heterocycles. The molecule has 0 rings (SSSR count). The van der Waals surface area contributed by atoms with E-state index in [1.807, 2.05) is 0 Å². The highest BCUT2D eigenvalue weighted by atomic mass is 35.5. The highest BCUT2D eigenvalue weighted by Gasteiger charge is 2.32. The number of halogens is 3. The first-order chi connectivity index (χ1) is 3.25. The fourth-order valence-corrected chi connectivity index (χ4v) is 0. The van der Waals surface area contributed by atoms with Crippen LogP contribution in [0, 0.1) is 0 Å². The maximum absolute atomic E-state index is 11.9. The van der Waals surface area contributed by atoms with E-state index in [0.717, 1.165) is 0 Å². The molecule has 0 spiro atoms. The Morgan fingerprint density at radius 2 is 1.88 bits per heavy atom. The van der Waals surface area contributed by atoms with Gasteiger partial charge >= 0.3 is 3.92 Å². The Balaban J connectivity index is 4.53. The molecular formula is CH2Cl2FNOS2. The Hall–Kier alpha value is 0.840. The van der Waals surface area contributed by atoms with Gasteiger partial charge in [-0.1, -0.05) is 0 Å². The molecule has 0 aliphatic carbocycles. The van der Waals surface area contributed by atoms with E-state index in [4.69, 9.17) is 0 Å². The van der Waals surface area contributed by atoms with Crippen LogP contribution in [0.1, 0.15) is 0 Å². The molecule has 0 aliphatic heterocycles. The van der Waals surface area contributed by atoms with Crippen LogP contribution >= 0.6 is 23.2 Å². The molecule has 0 amide bonds. The highest BCUT2D eigenvalue weighted by Crippen LogP contribution is 2.26. The van der Waals surface area contributed by atoms with E-state index in [9.17, 15) is 8.60 Å². The summed E-state index contributed by atoms with van der Waals surface area (Å²) in [6.45, 7) is 0. The van der Waals surface area contributed by atoms with Crippen molar-refractivity contribution in [2.45, 2.75) is 3.92 Å². The summed E-state index contributed by atoms with van der Waals surface area (Å²) in [7, 11) is -3.64. The number of rotatable bonds is 1. The fraction of sp³-hybridized carbons (Fsp3) is 1.00. The van der Waals surface area contributed by atoms with Crippen LogP contribution in [-0.4, -0.2) is 8.13 Å². The van der Waals surface area contributed by atoms with E-state index in [0.29, 0.717) is 0 Å². The zero-order valence-corrected chi connectivity index (χ0v) is 6.58. The molecule has 1 unspecified atom stereocenters. The third kappa shape index (κ3) is 2.41. The SMILES string of the molecule is NS(=O)(=S)C(F)(Cl)Cl. The number of hydrogen-bond donors (Lipinski definition) is 1. The van der Waals surface area contributed by atoms with E-state index in [1.165, 1.54) is 0 Å². The number of hydrogen-bond acceptors (Lipinski definition) is 2. The van der Waals surface area contributed by atoms with Gasteiger partial charge in [-0.3, -0.25) is 0 Å². The van der Waals surface area contributed by atoms with Crippen molar-refractivity contribution < 1.29 is 8.60 Å². The zero-order chi connectivity index (χ0) is 7.00. The lowest BCUT2D eigenvalue weighted by Crippen LogP contribution is -2.27. The second kappa shape index (κ2) is 2.22. The first kappa shape index (κ1) is 8.84. The number of nitrogens with two attached hydrogens (primary N) is 1. The Morgan fingerprint density at radius 1 is 1.75 bits per heavy atom. The Labute approximate surface area is 60.9 Å². The summed E-state index contributed by atoms with van der Waals surface area (Å²) >= 11 is 13.1. The highest BCUT2D eigenvalue weighted by molar-refractivity contribution is 8.33. The predicted octanol–water partition coefficient (Wildman–Crippen LogP) is 0.665. The maximum Gasteiger partial charge on any atom is 0.347 e. The lowest BCUT2D eigenvalue weighted by atomic mass is 11.7. The van der Waals surface area contributed by atoms with Gasteiger partial charge in [-0.2, -0.15) is 4.39 Å². The van der Waals surface area contributed by atoms with Crippen molar-refractivity contribution >= 4 is 43.1 Å². The predicted molar refractivity (Wildman–Crippen MR) is 35.2 cm³/mol. The topological polar surface area (TPSA) is 43.1 Å². The second-order valence-electron chi connectivity index (χ2n) is 0.991. The molecular weight excluding hydrogens is 196 g/mol. The van der Waals surface area contributed by atoms with E-state index >= 15 is 0 Å². The van der Waals surface area contributed by atoms with E-state index in [2.05, 4.69) is 39.5 Å². The largest absolute Gasteiger partial charge is 0.347 e. The van der Waals surface area contributed by atoms with Gasteiger partial charge in [0.2, 0.25) is 0 Å². The van der Waals surface area contributed by atoms with Crippen LogP contribution in [0.2, 0.25) is 0 Å². The molecule has 0 aromatic carbocycles. The van der Waals surface area contributed by atoms with Gasteiger partial charge in [-0.05, 0) is 23.2 Å². The third-order valence-electron chi connectivity index (χ3n) is 0.323. The van der Waals surface area contributed by atoms with Crippen molar-refractivity contribution in [3.8, 4) is 0 Å². The van der Waals surface area contributed by atoms with Gasteiger partial charge in [0.15, 0.2) is 8.68 Å². The summed E-state index contributed by atoms with van der Waals surface area (Å²) in [5.41, 5.74) is 0. The minimum atomic E-state index is -3.64. The summed E-state index contributed by atoms with van der Waals surface area (Å²) in [5, 5.41) is 4.52. The van der Waals surface area contributed by atoms with Crippen molar-refractivity contribution in [2.24, 2.45) is 5.14 Å². The molecule has 0 bridgehead atoms. The molecule has 0 saturated carbocycles. The lowest BCUT2D eigenvalue weighted by Gasteiger charge is -2.06. The average Bonchev–Trinajstić information content (AvgIpc) is 1.25. The van der Waals surface area contributed by atoms with Gasteiger partial charge in [0.1, 0.15) is 0 Å². The second-order valence-corrected chi connectivity index (χ2v) is 5.81. The van der Waals surface area contributed by atoms with Gasteiger partial charge in [-0.25, -0.2) is 9.35 Å². The summed E-state index contributed by atoms with van der Waals surface area (Å²) < 4.78 is 19.1. The standard InChI is InChI=1S/CH2Cl2FNOS2/c2-1(3,4)8(5,6)7/h(H2,5,6,7). The van der Waals surface area contributed by atoms with Crippen molar-refractivity contribution in [2.75, 3.05) is 0 Å². The molecule has 0 saturated heterocycles. The van der Waals surface area contributed by atoms with Crippen molar-refractivity contribution in [3.63, 3.8) is 0 Å². The normalized spacial score (nSPS) is 20.0. The lowest BCUT2D eigenvalue weighted by molar-refractivity contribution is 0.497. The number of alkyl halides is 3. The van der Waals surface area contributed by atoms with Crippen molar-refractivity contribution in [1.82, 2.24) is 0 Å².